The molecule has 1 atom stereocenters. The summed E-state index contributed by atoms with van der Waals surface area (Å²) in [4.78, 5) is 13.2. The van der Waals surface area contributed by atoms with E-state index in [2.05, 4.69) is 20.3 Å². The van der Waals surface area contributed by atoms with E-state index in [4.69, 9.17) is 0 Å². The Bertz CT molecular complexity index is 1060. The van der Waals surface area contributed by atoms with Crippen LogP contribution in [0.5, 0.6) is 0 Å². The van der Waals surface area contributed by atoms with E-state index in [1.165, 1.54) is 6.08 Å². The van der Waals surface area contributed by atoms with Crippen LogP contribution in [0.1, 0.15) is 17.9 Å². The number of alkyl halides is 1. The topological polar surface area (TPSA) is 50.7 Å². The number of aromatic nitrogens is 3. The zero-order valence-corrected chi connectivity index (χ0v) is 14.9. The SMILES string of the molecule is FCCNc1nc(-c2cccnc2)nc2ccc(C3CC=C(F)C=C3F)cc12. The van der Waals surface area contributed by atoms with Crippen LogP contribution in [0.15, 0.2) is 66.5 Å². The summed E-state index contributed by atoms with van der Waals surface area (Å²) in [6.45, 7) is -0.466. The molecular weight excluding hydrogens is 365 g/mol. The molecule has 4 rings (SSSR count). The normalized spacial score (nSPS) is 16.6. The van der Waals surface area contributed by atoms with Crippen LogP contribution in [0.4, 0.5) is 19.0 Å². The van der Waals surface area contributed by atoms with Gasteiger partial charge in [0, 0.05) is 41.9 Å². The molecule has 4 nitrogen and oxygen atoms in total. The Morgan fingerprint density at radius 2 is 2.04 bits per heavy atom. The summed E-state index contributed by atoms with van der Waals surface area (Å²) in [5.74, 6) is -0.723. The molecule has 3 aromatic rings. The first-order chi connectivity index (χ1) is 13.7. The van der Waals surface area contributed by atoms with Gasteiger partial charge in [-0.2, -0.15) is 0 Å². The van der Waals surface area contributed by atoms with Gasteiger partial charge >= 0.3 is 0 Å². The van der Waals surface area contributed by atoms with E-state index < -0.39 is 24.2 Å². The van der Waals surface area contributed by atoms with Crippen molar-refractivity contribution >= 4 is 16.7 Å². The Hall–Kier alpha value is -3.22. The highest BCUT2D eigenvalue weighted by Gasteiger charge is 2.21. The molecule has 28 heavy (non-hydrogen) atoms. The van der Waals surface area contributed by atoms with E-state index >= 15 is 0 Å². The van der Waals surface area contributed by atoms with E-state index in [0.717, 1.165) is 11.6 Å². The fourth-order valence-electron chi connectivity index (χ4n) is 3.22. The predicted molar refractivity (Wildman–Crippen MR) is 103 cm³/mol. The summed E-state index contributed by atoms with van der Waals surface area (Å²) in [5, 5.41) is 3.62. The summed E-state index contributed by atoms with van der Waals surface area (Å²) in [6.07, 6.45) is 5.81. The molecule has 0 saturated heterocycles. The van der Waals surface area contributed by atoms with Crippen molar-refractivity contribution in [3.63, 3.8) is 0 Å². The van der Waals surface area contributed by atoms with Crippen molar-refractivity contribution in [1.29, 1.82) is 0 Å². The number of halogens is 3. The molecular formula is C21H17F3N4. The van der Waals surface area contributed by atoms with Crippen molar-refractivity contribution < 1.29 is 13.2 Å². The number of fused-ring (bicyclic) bond motifs is 1. The van der Waals surface area contributed by atoms with Crippen molar-refractivity contribution in [3.05, 3.63) is 72.1 Å². The molecule has 1 unspecified atom stereocenters. The smallest absolute Gasteiger partial charge is 0.163 e. The molecule has 1 aliphatic carbocycles. The third kappa shape index (κ3) is 3.60. The molecule has 0 spiro atoms. The number of allylic oxidation sites excluding steroid dienone is 4. The Morgan fingerprint density at radius 3 is 2.79 bits per heavy atom. The lowest BCUT2D eigenvalue weighted by Gasteiger charge is -2.18. The van der Waals surface area contributed by atoms with Gasteiger partial charge in [-0.05, 0) is 42.3 Å². The van der Waals surface area contributed by atoms with E-state index in [-0.39, 0.29) is 13.0 Å². The molecule has 1 aliphatic rings. The maximum Gasteiger partial charge on any atom is 0.163 e. The minimum absolute atomic E-state index is 0.0917. The van der Waals surface area contributed by atoms with Crippen LogP contribution in [-0.4, -0.2) is 28.2 Å². The van der Waals surface area contributed by atoms with Crippen molar-refractivity contribution in [2.45, 2.75) is 12.3 Å². The van der Waals surface area contributed by atoms with Gasteiger partial charge in [0.15, 0.2) is 5.82 Å². The second-order valence-electron chi connectivity index (χ2n) is 6.44. The highest BCUT2D eigenvalue weighted by atomic mass is 19.1. The van der Waals surface area contributed by atoms with Crippen LogP contribution < -0.4 is 5.32 Å². The van der Waals surface area contributed by atoms with Crippen LogP contribution in [0.2, 0.25) is 0 Å². The molecule has 0 amide bonds. The Labute approximate surface area is 159 Å². The first kappa shape index (κ1) is 18.2. The van der Waals surface area contributed by atoms with E-state index in [1.54, 1.807) is 36.7 Å². The molecule has 0 bridgehead atoms. The molecule has 142 valence electrons. The largest absolute Gasteiger partial charge is 0.367 e. The summed E-state index contributed by atoms with van der Waals surface area (Å²) in [5.41, 5.74) is 2.06. The van der Waals surface area contributed by atoms with Crippen LogP contribution in [0, 0.1) is 0 Å². The maximum absolute atomic E-state index is 14.2. The Kier molecular flexibility index (Phi) is 5.06. The summed E-state index contributed by atoms with van der Waals surface area (Å²) in [6, 6.07) is 8.94. The van der Waals surface area contributed by atoms with Gasteiger partial charge in [-0.25, -0.2) is 23.1 Å². The maximum atomic E-state index is 14.2. The molecule has 0 fully saturated rings. The molecule has 0 saturated carbocycles. The number of hydrogen-bond acceptors (Lipinski definition) is 4. The first-order valence-electron chi connectivity index (χ1n) is 8.90. The lowest BCUT2D eigenvalue weighted by molar-refractivity contribution is 0.512. The minimum Gasteiger partial charge on any atom is -0.367 e. The third-order valence-electron chi connectivity index (χ3n) is 4.59. The zero-order valence-electron chi connectivity index (χ0n) is 14.9. The van der Waals surface area contributed by atoms with E-state index in [9.17, 15) is 13.2 Å². The number of anilines is 1. The highest BCUT2D eigenvalue weighted by Crippen LogP contribution is 2.36. The van der Waals surface area contributed by atoms with E-state index in [0.29, 0.717) is 28.1 Å². The summed E-state index contributed by atoms with van der Waals surface area (Å²) < 4.78 is 40.3. The number of rotatable bonds is 5. The van der Waals surface area contributed by atoms with Crippen LogP contribution in [0.25, 0.3) is 22.3 Å². The number of nitrogens with zero attached hydrogens (tertiary/aromatic N) is 3. The van der Waals surface area contributed by atoms with Gasteiger partial charge in [0.05, 0.1) is 5.52 Å². The van der Waals surface area contributed by atoms with Crippen LogP contribution in [0.3, 0.4) is 0 Å². The number of benzene rings is 1. The Balaban J connectivity index is 1.80. The van der Waals surface area contributed by atoms with Crippen molar-refractivity contribution in [1.82, 2.24) is 15.0 Å². The zero-order chi connectivity index (χ0) is 19.5. The predicted octanol–water partition coefficient (Wildman–Crippen LogP) is 5.27. The summed E-state index contributed by atoms with van der Waals surface area (Å²) >= 11 is 0. The second-order valence-corrected chi connectivity index (χ2v) is 6.44. The fraction of sp³-hybridized carbons (Fsp3) is 0.190. The Morgan fingerprint density at radius 1 is 1.14 bits per heavy atom. The standard InChI is InChI=1S/C21H17F3N4/c22-7-9-26-21-17-10-13(16-5-4-15(23)11-18(16)24)3-6-19(17)27-20(28-21)14-2-1-8-25-12-14/h1-4,6,8,10-12,16H,5,7,9H2,(H,26,27,28). The van der Waals surface area contributed by atoms with Gasteiger partial charge < -0.3 is 5.32 Å². The average Bonchev–Trinajstić information content (AvgIpc) is 2.72. The second kappa shape index (κ2) is 7.80. The lowest BCUT2D eigenvalue weighted by Crippen LogP contribution is -2.08. The molecule has 7 heteroatoms. The highest BCUT2D eigenvalue weighted by molar-refractivity contribution is 5.91. The third-order valence-corrected chi connectivity index (χ3v) is 4.59. The van der Waals surface area contributed by atoms with Gasteiger partial charge in [-0.3, -0.25) is 4.98 Å². The average molecular weight is 382 g/mol. The number of hydrogen-bond donors (Lipinski definition) is 1. The van der Waals surface area contributed by atoms with Gasteiger partial charge in [-0.15, -0.1) is 0 Å². The lowest BCUT2D eigenvalue weighted by atomic mass is 9.90. The summed E-state index contributed by atoms with van der Waals surface area (Å²) in [7, 11) is 0. The molecule has 2 heterocycles. The molecule has 0 aliphatic heterocycles. The first-order valence-corrected chi connectivity index (χ1v) is 8.90. The minimum atomic E-state index is -0.565. The van der Waals surface area contributed by atoms with Crippen molar-refractivity contribution in [3.8, 4) is 11.4 Å². The van der Waals surface area contributed by atoms with Gasteiger partial charge in [0.1, 0.15) is 24.1 Å². The molecule has 1 N–H and O–H groups in total. The van der Waals surface area contributed by atoms with Gasteiger partial charge in [0.25, 0.3) is 0 Å². The van der Waals surface area contributed by atoms with Gasteiger partial charge in [0.2, 0.25) is 0 Å². The molecule has 1 aromatic carbocycles. The van der Waals surface area contributed by atoms with Gasteiger partial charge in [-0.1, -0.05) is 6.07 Å². The fourth-order valence-corrected chi connectivity index (χ4v) is 3.22. The molecule has 0 radical (unpaired) electrons. The number of pyridine rings is 1. The van der Waals surface area contributed by atoms with Crippen LogP contribution in [-0.2, 0) is 0 Å². The molecule has 2 aromatic heterocycles. The van der Waals surface area contributed by atoms with Crippen molar-refractivity contribution in [2.75, 3.05) is 18.5 Å². The quantitative estimate of drug-likeness (QED) is 0.653. The number of nitrogens with one attached hydrogen (secondary N) is 1. The van der Waals surface area contributed by atoms with Crippen molar-refractivity contribution in [2.24, 2.45) is 0 Å². The monoisotopic (exact) mass is 382 g/mol. The van der Waals surface area contributed by atoms with E-state index in [1.807, 2.05) is 6.07 Å². The van der Waals surface area contributed by atoms with Crippen LogP contribution >= 0.6 is 0 Å².